The van der Waals surface area contributed by atoms with Crippen molar-refractivity contribution < 1.29 is 19.4 Å². The standard InChI is InChI=1S/C14H19NO4/c1-9-7-12-13(19-6-5-18-12)8-11(9)3-4-15-14(17)10(2)16/h7-8,10,16H,3-6H2,1-2H3,(H,15,17). The zero-order chi connectivity index (χ0) is 13.8. The maximum atomic E-state index is 11.2. The van der Waals surface area contributed by atoms with Crippen LogP contribution in [0.1, 0.15) is 18.1 Å². The third-order valence-electron chi connectivity index (χ3n) is 3.07. The normalized spacial score (nSPS) is 14.9. The van der Waals surface area contributed by atoms with E-state index in [1.54, 1.807) is 0 Å². The lowest BCUT2D eigenvalue weighted by Gasteiger charge is -2.20. The second-order valence-electron chi connectivity index (χ2n) is 4.64. The van der Waals surface area contributed by atoms with Gasteiger partial charge in [0.25, 0.3) is 0 Å². The molecule has 0 spiro atoms. The molecule has 1 heterocycles. The van der Waals surface area contributed by atoms with Gasteiger partial charge in [-0.05, 0) is 43.5 Å². The van der Waals surface area contributed by atoms with Gasteiger partial charge in [0.05, 0.1) is 0 Å². The average molecular weight is 265 g/mol. The van der Waals surface area contributed by atoms with E-state index in [1.807, 2.05) is 19.1 Å². The van der Waals surface area contributed by atoms with Gasteiger partial charge < -0.3 is 19.9 Å². The lowest BCUT2D eigenvalue weighted by atomic mass is 10.0. The molecule has 0 aliphatic carbocycles. The Morgan fingerprint density at radius 2 is 2.00 bits per heavy atom. The number of aryl methyl sites for hydroxylation is 1. The number of hydrogen-bond donors (Lipinski definition) is 2. The van der Waals surface area contributed by atoms with Gasteiger partial charge in [-0.25, -0.2) is 0 Å². The molecular weight excluding hydrogens is 246 g/mol. The van der Waals surface area contributed by atoms with Gasteiger partial charge in [0.1, 0.15) is 19.3 Å². The van der Waals surface area contributed by atoms with E-state index < -0.39 is 6.10 Å². The lowest BCUT2D eigenvalue weighted by Crippen LogP contribution is -2.33. The second kappa shape index (κ2) is 5.93. The number of carbonyl (C=O) groups excluding carboxylic acids is 1. The molecule has 1 aliphatic rings. The first kappa shape index (κ1) is 13.7. The van der Waals surface area contributed by atoms with Gasteiger partial charge in [-0.15, -0.1) is 0 Å². The molecule has 0 aromatic heterocycles. The third kappa shape index (κ3) is 3.38. The fourth-order valence-corrected chi connectivity index (χ4v) is 1.97. The summed E-state index contributed by atoms with van der Waals surface area (Å²) in [6.45, 7) is 5.09. The molecule has 0 bridgehead atoms. The summed E-state index contributed by atoms with van der Waals surface area (Å²) in [4.78, 5) is 11.2. The van der Waals surface area contributed by atoms with Crippen LogP contribution in [0.15, 0.2) is 12.1 Å². The van der Waals surface area contributed by atoms with Crippen molar-refractivity contribution in [1.82, 2.24) is 5.32 Å². The number of aliphatic hydroxyl groups excluding tert-OH is 1. The summed E-state index contributed by atoms with van der Waals surface area (Å²) in [5, 5.41) is 11.8. The molecule has 0 saturated carbocycles. The van der Waals surface area contributed by atoms with Crippen molar-refractivity contribution in [3.8, 4) is 11.5 Å². The molecule has 1 unspecified atom stereocenters. The van der Waals surface area contributed by atoms with E-state index in [1.165, 1.54) is 6.92 Å². The SMILES string of the molecule is Cc1cc2c(cc1CCNC(=O)C(C)O)OCCO2. The maximum Gasteiger partial charge on any atom is 0.248 e. The van der Waals surface area contributed by atoms with Crippen LogP contribution >= 0.6 is 0 Å². The summed E-state index contributed by atoms with van der Waals surface area (Å²) in [7, 11) is 0. The molecule has 1 atom stereocenters. The predicted octanol–water partition coefficient (Wildman–Crippen LogP) is 0.806. The highest BCUT2D eigenvalue weighted by molar-refractivity contribution is 5.79. The molecule has 19 heavy (non-hydrogen) atoms. The van der Waals surface area contributed by atoms with Crippen molar-refractivity contribution in [3.63, 3.8) is 0 Å². The molecule has 0 radical (unpaired) electrons. The number of hydrogen-bond acceptors (Lipinski definition) is 4. The first-order valence-electron chi connectivity index (χ1n) is 6.43. The molecule has 1 amide bonds. The summed E-state index contributed by atoms with van der Waals surface area (Å²) in [5.74, 6) is 1.18. The van der Waals surface area contributed by atoms with Crippen LogP contribution in [0.25, 0.3) is 0 Å². The van der Waals surface area contributed by atoms with Crippen molar-refractivity contribution in [2.45, 2.75) is 26.4 Å². The number of amides is 1. The monoisotopic (exact) mass is 265 g/mol. The van der Waals surface area contributed by atoms with Gasteiger partial charge in [-0.1, -0.05) is 0 Å². The van der Waals surface area contributed by atoms with Crippen LogP contribution in [0.3, 0.4) is 0 Å². The molecule has 1 aliphatic heterocycles. The Morgan fingerprint density at radius 1 is 1.37 bits per heavy atom. The van der Waals surface area contributed by atoms with Gasteiger partial charge in [-0.3, -0.25) is 4.79 Å². The molecule has 1 aromatic rings. The lowest BCUT2D eigenvalue weighted by molar-refractivity contribution is -0.128. The first-order valence-corrected chi connectivity index (χ1v) is 6.43. The summed E-state index contributed by atoms with van der Waals surface area (Å²) in [5.41, 5.74) is 2.21. The molecule has 0 fully saturated rings. The van der Waals surface area contributed by atoms with Crippen molar-refractivity contribution in [3.05, 3.63) is 23.3 Å². The summed E-state index contributed by atoms with van der Waals surface area (Å²) in [6.07, 6.45) is -0.276. The highest BCUT2D eigenvalue weighted by Gasteiger charge is 2.14. The Morgan fingerprint density at radius 3 is 2.63 bits per heavy atom. The maximum absolute atomic E-state index is 11.2. The minimum atomic E-state index is -0.971. The van der Waals surface area contributed by atoms with Gasteiger partial charge in [0, 0.05) is 6.54 Å². The number of aliphatic hydroxyl groups is 1. The van der Waals surface area contributed by atoms with E-state index >= 15 is 0 Å². The number of carbonyl (C=O) groups is 1. The van der Waals surface area contributed by atoms with E-state index in [-0.39, 0.29) is 5.91 Å². The van der Waals surface area contributed by atoms with Crippen LogP contribution in [0.2, 0.25) is 0 Å². The third-order valence-corrected chi connectivity index (χ3v) is 3.07. The average Bonchev–Trinajstić information content (AvgIpc) is 2.39. The largest absolute Gasteiger partial charge is 0.486 e. The molecule has 5 nitrogen and oxygen atoms in total. The zero-order valence-electron chi connectivity index (χ0n) is 11.2. The Balaban J connectivity index is 1.98. The van der Waals surface area contributed by atoms with Crippen molar-refractivity contribution >= 4 is 5.91 Å². The Hall–Kier alpha value is -1.75. The Bertz CT molecular complexity index is 471. The minimum Gasteiger partial charge on any atom is -0.486 e. The first-order chi connectivity index (χ1) is 9.08. The highest BCUT2D eigenvalue weighted by atomic mass is 16.6. The van der Waals surface area contributed by atoms with Crippen LogP contribution in [0, 0.1) is 6.92 Å². The molecule has 2 rings (SSSR count). The van der Waals surface area contributed by atoms with Crippen LogP contribution in [-0.2, 0) is 11.2 Å². The quantitative estimate of drug-likeness (QED) is 0.845. The van der Waals surface area contributed by atoms with Gasteiger partial charge in [0.15, 0.2) is 11.5 Å². The fraction of sp³-hybridized carbons (Fsp3) is 0.500. The van der Waals surface area contributed by atoms with E-state index in [0.717, 1.165) is 22.6 Å². The number of rotatable bonds is 4. The van der Waals surface area contributed by atoms with Crippen LogP contribution in [0.4, 0.5) is 0 Å². The molecule has 5 heteroatoms. The molecule has 104 valence electrons. The number of nitrogens with one attached hydrogen (secondary N) is 1. The molecular formula is C14H19NO4. The summed E-state index contributed by atoms with van der Waals surface area (Å²) < 4.78 is 11.0. The molecule has 2 N–H and O–H groups in total. The van der Waals surface area contributed by atoms with Crippen molar-refractivity contribution in [2.24, 2.45) is 0 Å². The topological polar surface area (TPSA) is 67.8 Å². The second-order valence-corrected chi connectivity index (χ2v) is 4.64. The van der Waals surface area contributed by atoms with Crippen molar-refractivity contribution in [1.29, 1.82) is 0 Å². The van der Waals surface area contributed by atoms with Crippen LogP contribution in [-0.4, -0.2) is 36.9 Å². The van der Waals surface area contributed by atoms with E-state index in [9.17, 15) is 4.79 Å². The summed E-state index contributed by atoms with van der Waals surface area (Å²) in [6, 6.07) is 3.92. The van der Waals surface area contributed by atoms with E-state index in [2.05, 4.69) is 5.32 Å². The smallest absolute Gasteiger partial charge is 0.248 e. The predicted molar refractivity (Wildman–Crippen MR) is 70.6 cm³/mol. The van der Waals surface area contributed by atoms with E-state index in [0.29, 0.717) is 26.2 Å². The summed E-state index contributed by atoms with van der Waals surface area (Å²) >= 11 is 0. The Labute approximate surface area is 112 Å². The zero-order valence-corrected chi connectivity index (χ0v) is 11.2. The van der Waals surface area contributed by atoms with Crippen molar-refractivity contribution in [2.75, 3.05) is 19.8 Å². The highest BCUT2D eigenvalue weighted by Crippen LogP contribution is 2.33. The Kier molecular flexibility index (Phi) is 4.27. The van der Waals surface area contributed by atoms with Gasteiger partial charge in [0.2, 0.25) is 5.91 Å². The van der Waals surface area contributed by atoms with Crippen LogP contribution in [0.5, 0.6) is 11.5 Å². The molecule has 1 aromatic carbocycles. The number of fused-ring (bicyclic) bond motifs is 1. The number of ether oxygens (including phenoxy) is 2. The minimum absolute atomic E-state index is 0.352. The van der Waals surface area contributed by atoms with E-state index in [4.69, 9.17) is 14.6 Å². The van der Waals surface area contributed by atoms with Gasteiger partial charge in [-0.2, -0.15) is 0 Å². The molecule has 0 saturated heterocycles. The van der Waals surface area contributed by atoms with Gasteiger partial charge >= 0.3 is 0 Å². The number of benzene rings is 1. The van der Waals surface area contributed by atoms with Crippen LogP contribution < -0.4 is 14.8 Å². The fourth-order valence-electron chi connectivity index (χ4n) is 1.97.